The van der Waals surface area contributed by atoms with Crippen LogP contribution in [0.1, 0.15) is 39.6 Å². The van der Waals surface area contributed by atoms with Gasteiger partial charge in [-0.25, -0.2) is 0 Å². The summed E-state index contributed by atoms with van der Waals surface area (Å²) < 4.78 is 0. The number of aromatic amines is 1. The average molecular weight is 285 g/mol. The van der Waals surface area contributed by atoms with Crippen LogP contribution in [0.25, 0.3) is 0 Å². The van der Waals surface area contributed by atoms with Gasteiger partial charge in [-0.3, -0.25) is 4.79 Å². The molecule has 1 atom stereocenters. The number of carbonyl (C=O) groups is 1. The van der Waals surface area contributed by atoms with Crippen molar-refractivity contribution in [2.45, 2.75) is 26.2 Å². The van der Waals surface area contributed by atoms with Gasteiger partial charge in [-0.1, -0.05) is 6.07 Å². The maximum absolute atomic E-state index is 12.4. The minimum atomic E-state index is -0.214. The molecule has 0 bridgehead atoms. The minimum absolute atomic E-state index is 0.214. The number of H-pyrrole nitrogens is 1. The van der Waals surface area contributed by atoms with E-state index >= 15 is 0 Å². The summed E-state index contributed by atoms with van der Waals surface area (Å²) in [6.07, 6.45) is 0.983. The molecule has 1 unspecified atom stereocenters. The summed E-state index contributed by atoms with van der Waals surface area (Å²) in [5, 5.41) is 16.9. The molecule has 110 valence electrons. The fraction of sp³-hybridized carbons (Fsp3) is 0.400. The lowest BCUT2D eigenvalue weighted by Crippen LogP contribution is -2.17. The van der Waals surface area contributed by atoms with Crippen LogP contribution in [0.15, 0.2) is 18.2 Å². The van der Waals surface area contributed by atoms with Gasteiger partial charge in [0.15, 0.2) is 5.69 Å². The number of carbonyl (C=O) groups excluding carboxylic acids is 1. The Balaban J connectivity index is 1.79. The van der Waals surface area contributed by atoms with E-state index in [1.165, 1.54) is 5.56 Å². The number of hydrogen-bond donors (Lipinski definition) is 3. The van der Waals surface area contributed by atoms with Gasteiger partial charge >= 0.3 is 0 Å². The molecule has 6 heteroatoms. The van der Waals surface area contributed by atoms with Gasteiger partial charge in [-0.05, 0) is 50.1 Å². The first kappa shape index (κ1) is 13.8. The van der Waals surface area contributed by atoms with Crippen molar-refractivity contribution in [1.82, 2.24) is 20.7 Å². The Morgan fingerprint density at radius 2 is 2.14 bits per heavy atom. The third kappa shape index (κ3) is 2.80. The van der Waals surface area contributed by atoms with Gasteiger partial charge < -0.3 is 10.6 Å². The second-order valence-electron chi connectivity index (χ2n) is 5.50. The lowest BCUT2D eigenvalue weighted by atomic mass is 10.0. The summed E-state index contributed by atoms with van der Waals surface area (Å²) in [4.78, 5) is 12.4. The molecule has 0 spiro atoms. The molecule has 1 fully saturated rings. The van der Waals surface area contributed by atoms with Gasteiger partial charge in [0, 0.05) is 18.2 Å². The van der Waals surface area contributed by atoms with E-state index in [4.69, 9.17) is 0 Å². The fourth-order valence-electron chi connectivity index (χ4n) is 2.59. The SMILES string of the molecule is Cc1ccc(NC(=O)c2n[nH]nc2C2CCNC2)cc1C. The fourth-order valence-corrected chi connectivity index (χ4v) is 2.59. The lowest BCUT2D eigenvalue weighted by molar-refractivity contribution is 0.102. The van der Waals surface area contributed by atoms with E-state index in [1.807, 2.05) is 32.0 Å². The molecule has 3 rings (SSSR count). The summed E-state index contributed by atoms with van der Waals surface area (Å²) >= 11 is 0. The molecule has 1 aromatic heterocycles. The van der Waals surface area contributed by atoms with Gasteiger partial charge in [0.25, 0.3) is 5.91 Å². The zero-order chi connectivity index (χ0) is 14.8. The molecule has 1 aliphatic heterocycles. The van der Waals surface area contributed by atoms with Gasteiger partial charge in [-0.2, -0.15) is 15.4 Å². The molecule has 0 radical (unpaired) electrons. The standard InChI is InChI=1S/C15H19N5O/c1-9-3-4-12(7-10(9)2)17-15(21)14-13(18-20-19-14)11-5-6-16-8-11/h3-4,7,11,16H,5-6,8H2,1-2H3,(H,17,21)(H,18,19,20). The van der Waals surface area contributed by atoms with Gasteiger partial charge in [0.05, 0.1) is 5.69 Å². The van der Waals surface area contributed by atoms with E-state index in [0.29, 0.717) is 5.69 Å². The number of aryl methyl sites for hydroxylation is 2. The number of anilines is 1. The van der Waals surface area contributed by atoms with E-state index in [9.17, 15) is 4.79 Å². The Labute approximate surface area is 123 Å². The molecule has 21 heavy (non-hydrogen) atoms. The van der Waals surface area contributed by atoms with Crippen LogP contribution >= 0.6 is 0 Å². The summed E-state index contributed by atoms with van der Waals surface area (Å²) in [6.45, 7) is 5.87. The Hall–Kier alpha value is -2.21. The lowest BCUT2D eigenvalue weighted by Gasteiger charge is -2.09. The smallest absolute Gasteiger partial charge is 0.278 e. The number of nitrogens with one attached hydrogen (secondary N) is 3. The summed E-state index contributed by atoms with van der Waals surface area (Å²) in [6, 6.07) is 5.86. The summed E-state index contributed by atoms with van der Waals surface area (Å²) in [5.41, 5.74) is 4.27. The van der Waals surface area contributed by atoms with Crippen molar-refractivity contribution in [2.24, 2.45) is 0 Å². The Morgan fingerprint density at radius 3 is 2.86 bits per heavy atom. The first-order chi connectivity index (χ1) is 10.1. The minimum Gasteiger partial charge on any atom is -0.321 e. The Kier molecular flexibility index (Phi) is 3.70. The van der Waals surface area contributed by atoms with Crippen molar-refractivity contribution in [3.63, 3.8) is 0 Å². The highest BCUT2D eigenvalue weighted by Crippen LogP contribution is 2.23. The number of hydrogen-bond acceptors (Lipinski definition) is 4. The van der Waals surface area contributed by atoms with Crippen LogP contribution in [0.2, 0.25) is 0 Å². The topological polar surface area (TPSA) is 82.7 Å². The highest BCUT2D eigenvalue weighted by atomic mass is 16.2. The maximum Gasteiger partial charge on any atom is 0.278 e. The van der Waals surface area contributed by atoms with Crippen molar-refractivity contribution < 1.29 is 4.79 Å². The number of amides is 1. The molecule has 0 aliphatic carbocycles. The zero-order valence-corrected chi connectivity index (χ0v) is 12.2. The third-order valence-corrected chi connectivity index (χ3v) is 4.00. The van der Waals surface area contributed by atoms with Crippen LogP contribution < -0.4 is 10.6 Å². The van der Waals surface area contributed by atoms with Crippen molar-refractivity contribution in [3.8, 4) is 0 Å². The maximum atomic E-state index is 12.4. The molecule has 0 saturated carbocycles. The predicted molar refractivity (Wildman–Crippen MR) is 80.5 cm³/mol. The van der Waals surface area contributed by atoms with Crippen molar-refractivity contribution in [3.05, 3.63) is 40.7 Å². The van der Waals surface area contributed by atoms with Crippen LogP contribution in [0.3, 0.4) is 0 Å². The normalized spacial score (nSPS) is 17.9. The van der Waals surface area contributed by atoms with Gasteiger partial charge in [0.2, 0.25) is 0 Å². The second kappa shape index (κ2) is 5.65. The predicted octanol–water partition coefficient (Wildman–Crippen LogP) is 1.75. The van der Waals surface area contributed by atoms with Crippen LogP contribution in [0.5, 0.6) is 0 Å². The molecule has 2 heterocycles. The highest BCUT2D eigenvalue weighted by molar-refractivity contribution is 6.03. The number of aromatic nitrogens is 3. The molecular formula is C15H19N5O. The van der Waals surface area contributed by atoms with E-state index < -0.39 is 0 Å². The molecular weight excluding hydrogens is 266 g/mol. The van der Waals surface area contributed by atoms with Gasteiger partial charge in [-0.15, -0.1) is 0 Å². The van der Waals surface area contributed by atoms with Crippen molar-refractivity contribution in [2.75, 3.05) is 18.4 Å². The first-order valence-corrected chi connectivity index (χ1v) is 7.15. The Bertz CT molecular complexity index is 658. The van der Waals surface area contributed by atoms with E-state index in [1.54, 1.807) is 0 Å². The molecule has 1 amide bonds. The van der Waals surface area contributed by atoms with Crippen LogP contribution in [0, 0.1) is 13.8 Å². The van der Waals surface area contributed by atoms with Crippen molar-refractivity contribution in [1.29, 1.82) is 0 Å². The van der Waals surface area contributed by atoms with Crippen molar-refractivity contribution >= 4 is 11.6 Å². The zero-order valence-electron chi connectivity index (χ0n) is 12.2. The molecule has 1 aromatic carbocycles. The average Bonchev–Trinajstić information content (AvgIpc) is 3.12. The number of benzene rings is 1. The summed E-state index contributed by atoms with van der Waals surface area (Å²) in [5.74, 6) is 0.0400. The monoisotopic (exact) mass is 285 g/mol. The third-order valence-electron chi connectivity index (χ3n) is 4.00. The number of rotatable bonds is 3. The molecule has 6 nitrogen and oxygen atoms in total. The molecule has 1 saturated heterocycles. The molecule has 2 aromatic rings. The van der Waals surface area contributed by atoms with Crippen LogP contribution in [-0.2, 0) is 0 Å². The van der Waals surface area contributed by atoms with Crippen LogP contribution in [0.4, 0.5) is 5.69 Å². The largest absolute Gasteiger partial charge is 0.321 e. The highest BCUT2D eigenvalue weighted by Gasteiger charge is 2.26. The molecule has 3 N–H and O–H groups in total. The van der Waals surface area contributed by atoms with Crippen LogP contribution in [-0.4, -0.2) is 34.4 Å². The first-order valence-electron chi connectivity index (χ1n) is 7.15. The van der Waals surface area contributed by atoms with E-state index in [-0.39, 0.29) is 11.8 Å². The summed E-state index contributed by atoms with van der Waals surface area (Å²) in [7, 11) is 0. The Morgan fingerprint density at radius 1 is 1.29 bits per heavy atom. The quantitative estimate of drug-likeness (QED) is 0.802. The van der Waals surface area contributed by atoms with E-state index in [0.717, 1.165) is 36.5 Å². The second-order valence-corrected chi connectivity index (χ2v) is 5.50. The van der Waals surface area contributed by atoms with Gasteiger partial charge in [0.1, 0.15) is 0 Å². The molecule has 1 aliphatic rings. The van der Waals surface area contributed by atoms with E-state index in [2.05, 4.69) is 26.0 Å². The number of nitrogens with zero attached hydrogens (tertiary/aromatic N) is 2.